The molecule has 0 aliphatic rings. The molecule has 3 rings (SSSR count). The minimum atomic E-state index is -0.673. The summed E-state index contributed by atoms with van der Waals surface area (Å²) in [5.74, 6) is -2.14. The smallest absolute Gasteiger partial charge is 0.348 e. The van der Waals surface area contributed by atoms with Gasteiger partial charge in [0.2, 0.25) is 5.91 Å². The summed E-state index contributed by atoms with van der Waals surface area (Å²) in [6.45, 7) is 9.57. The van der Waals surface area contributed by atoms with Gasteiger partial charge in [-0.1, -0.05) is 31.2 Å². The van der Waals surface area contributed by atoms with Crippen LogP contribution < -0.4 is 10.6 Å². The number of carbonyl (C=O) groups is 4. The second kappa shape index (κ2) is 15.4. The number of unbranched alkanes of at least 4 members (excludes halogenated alkanes) is 1. The predicted octanol–water partition coefficient (Wildman–Crippen LogP) is 4.99. The fourth-order valence-electron chi connectivity index (χ4n) is 3.84. The Balaban J connectivity index is 1.77. The zero-order valence-corrected chi connectivity index (χ0v) is 25.7. The fraction of sp³-hybridized carbons (Fsp3) is 0.429. The molecule has 0 radical (unpaired) electrons. The molecule has 0 unspecified atom stereocenters. The molecular weight excluding hydrogens is 585 g/mol. The molecule has 0 saturated carbocycles. The molecule has 42 heavy (non-hydrogen) atoms. The van der Waals surface area contributed by atoms with Crippen molar-refractivity contribution >= 4 is 51.9 Å². The third kappa shape index (κ3) is 8.16. The van der Waals surface area contributed by atoms with Gasteiger partial charge in [-0.2, -0.15) is 0 Å². The number of amides is 2. The Labute approximate surface area is 251 Å². The first-order valence-electron chi connectivity index (χ1n) is 13.5. The number of benzene rings is 1. The first-order chi connectivity index (χ1) is 20.1. The van der Waals surface area contributed by atoms with E-state index in [-0.39, 0.29) is 40.8 Å². The minimum absolute atomic E-state index is 0.0568. The lowest BCUT2D eigenvalue weighted by molar-refractivity contribution is -0.115. The van der Waals surface area contributed by atoms with Crippen molar-refractivity contribution in [3.8, 4) is 0 Å². The molecular formula is C28H34FN5O6S2. The molecule has 2 heterocycles. The van der Waals surface area contributed by atoms with Crippen LogP contribution in [-0.2, 0) is 27.4 Å². The lowest BCUT2D eigenvalue weighted by atomic mass is 10.1. The number of nitrogens with one attached hydrogen (secondary N) is 2. The SMILES string of the molecule is CCCCn1c(CNC(=O)c2cccc(F)c2)nnc1S[C@H](C)C(=O)Nc1sc(C(=O)OCC)c(C)c1C(=O)OCC. The van der Waals surface area contributed by atoms with Gasteiger partial charge in [-0.15, -0.1) is 21.5 Å². The molecule has 226 valence electrons. The van der Waals surface area contributed by atoms with E-state index in [1.165, 1.54) is 18.2 Å². The van der Waals surface area contributed by atoms with Gasteiger partial charge in [-0.3, -0.25) is 9.59 Å². The van der Waals surface area contributed by atoms with Gasteiger partial charge >= 0.3 is 11.9 Å². The fourth-order valence-corrected chi connectivity index (χ4v) is 5.82. The van der Waals surface area contributed by atoms with Gasteiger partial charge in [0.05, 0.1) is 30.6 Å². The monoisotopic (exact) mass is 619 g/mol. The summed E-state index contributed by atoms with van der Waals surface area (Å²) >= 11 is 2.12. The molecule has 0 saturated heterocycles. The largest absolute Gasteiger partial charge is 0.462 e. The van der Waals surface area contributed by atoms with E-state index in [9.17, 15) is 23.6 Å². The standard InChI is InChI=1S/C28H34FN5O6S2/c1-6-9-13-34-20(15-30-24(36)18-11-10-12-19(29)14-18)32-33-28(34)41-17(5)23(35)31-25-21(26(37)39-7-2)16(4)22(42-25)27(38)40-8-3/h10-12,14,17H,6-9,13,15H2,1-5H3,(H,30,36)(H,31,35)/t17-/m1/s1. The molecule has 2 aromatic heterocycles. The van der Waals surface area contributed by atoms with Crippen LogP contribution in [0.25, 0.3) is 0 Å². The number of carbonyl (C=O) groups excluding carboxylic acids is 4. The number of hydrogen-bond donors (Lipinski definition) is 2. The summed E-state index contributed by atoms with van der Waals surface area (Å²) < 4.78 is 25.6. The van der Waals surface area contributed by atoms with Crippen molar-refractivity contribution < 1.29 is 33.0 Å². The highest BCUT2D eigenvalue weighted by Gasteiger charge is 2.29. The predicted molar refractivity (Wildman–Crippen MR) is 157 cm³/mol. The Hall–Kier alpha value is -3.78. The van der Waals surface area contributed by atoms with E-state index in [1.54, 1.807) is 27.7 Å². The second-order valence-electron chi connectivity index (χ2n) is 9.05. The van der Waals surface area contributed by atoms with E-state index >= 15 is 0 Å². The van der Waals surface area contributed by atoms with Crippen LogP contribution >= 0.6 is 23.1 Å². The van der Waals surface area contributed by atoms with Gasteiger partial charge in [0.15, 0.2) is 11.0 Å². The number of anilines is 1. The number of thioether (sulfide) groups is 1. The number of hydrogen-bond acceptors (Lipinski definition) is 10. The van der Waals surface area contributed by atoms with Gasteiger partial charge in [0, 0.05) is 12.1 Å². The number of aromatic nitrogens is 3. The van der Waals surface area contributed by atoms with E-state index in [4.69, 9.17) is 9.47 Å². The van der Waals surface area contributed by atoms with Crippen LogP contribution in [0.4, 0.5) is 9.39 Å². The van der Waals surface area contributed by atoms with Crippen molar-refractivity contribution in [3.05, 3.63) is 57.5 Å². The molecule has 0 fully saturated rings. The van der Waals surface area contributed by atoms with Crippen LogP contribution in [0.1, 0.15) is 82.3 Å². The third-order valence-corrected chi connectivity index (χ3v) is 8.27. The molecule has 0 aliphatic carbocycles. The summed E-state index contributed by atoms with van der Waals surface area (Å²) in [4.78, 5) is 51.1. The van der Waals surface area contributed by atoms with Crippen molar-refractivity contribution in [2.24, 2.45) is 0 Å². The molecule has 14 heteroatoms. The summed E-state index contributed by atoms with van der Waals surface area (Å²) in [5, 5.41) is 14.0. The molecule has 11 nitrogen and oxygen atoms in total. The summed E-state index contributed by atoms with van der Waals surface area (Å²) in [5.41, 5.74) is 0.668. The Morgan fingerprint density at radius 3 is 2.48 bits per heavy atom. The minimum Gasteiger partial charge on any atom is -0.462 e. The first-order valence-corrected chi connectivity index (χ1v) is 15.2. The Morgan fingerprint density at radius 1 is 1.10 bits per heavy atom. The maximum Gasteiger partial charge on any atom is 0.348 e. The average Bonchev–Trinajstić information content (AvgIpc) is 3.49. The summed E-state index contributed by atoms with van der Waals surface area (Å²) in [6, 6.07) is 5.38. The van der Waals surface area contributed by atoms with Crippen LogP contribution in [0, 0.1) is 12.7 Å². The number of nitrogens with zero attached hydrogens (tertiary/aromatic N) is 3. The highest BCUT2D eigenvalue weighted by molar-refractivity contribution is 8.00. The highest BCUT2D eigenvalue weighted by atomic mass is 32.2. The maximum absolute atomic E-state index is 13.5. The first kappa shape index (κ1) is 32.7. The molecule has 1 atom stereocenters. The summed E-state index contributed by atoms with van der Waals surface area (Å²) in [7, 11) is 0. The second-order valence-corrected chi connectivity index (χ2v) is 11.4. The molecule has 2 N–H and O–H groups in total. The Kier molecular flexibility index (Phi) is 12.0. The van der Waals surface area contributed by atoms with Gasteiger partial charge in [-0.05, 0) is 57.9 Å². The van der Waals surface area contributed by atoms with E-state index in [2.05, 4.69) is 20.8 Å². The number of ether oxygens (including phenoxy) is 2. The molecule has 3 aromatic rings. The van der Waals surface area contributed by atoms with Crippen LogP contribution in [0.5, 0.6) is 0 Å². The van der Waals surface area contributed by atoms with Crippen molar-refractivity contribution in [2.45, 2.75) is 71.0 Å². The topological polar surface area (TPSA) is 142 Å². The molecule has 0 bridgehead atoms. The van der Waals surface area contributed by atoms with Gasteiger partial charge in [0.1, 0.15) is 15.7 Å². The van der Waals surface area contributed by atoms with E-state index in [0.29, 0.717) is 23.1 Å². The zero-order valence-electron chi connectivity index (χ0n) is 24.1. The van der Waals surface area contributed by atoms with Crippen LogP contribution in [0.2, 0.25) is 0 Å². The lowest BCUT2D eigenvalue weighted by Crippen LogP contribution is -2.25. The van der Waals surface area contributed by atoms with Gasteiger partial charge in [0.25, 0.3) is 5.91 Å². The van der Waals surface area contributed by atoms with E-state index in [1.807, 2.05) is 11.5 Å². The molecule has 1 aromatic carbocycles. The number of rotatable bonds is 14. The molecule has 2 amide bonds. The van der Waals surface area contributed by atoms with Crippen LogP contribution in [0.3, 0.4) is 0 Å². The van der Waals surface area contributed by atoms with Crippen LogP contribution in [-0.4, -0.2) is 57.0 Å². The van der Waals surface area contributed by atoms with Gasteiger partial charge < -0.3 is 24.7 Å². The average molecular weight is 620 g/mol. The van der Waals surface area contributed by atoms with Crippen molar-refractivity contribution in [2.75, 3.05) is 18.5 Å². The van der Waals surface area contributed by atoms with Crippen molar-refractivity contribution in [1.82, 2.24) is 20.1 Å². The quantitative estimate of drug-likeness (QED) is 0.189. The van der Waals surface area contributed by atoms with E-state index < -0.39 is 34.8 Å². The third-order valence-electron chi connectivity index (χ3n) is 6.00. The number of thiophene rings is 1. The summed E-state index contributed by atoms with van der Waals surface area (Å²) in [6.07, 6.45) is 1.70. The number of esters is 2. The van der Waals surface area contributed by atoms with Gasteiger partial charge in [-0.25, -0.2) is 14.0 Å². The normalized spacial score (nSPS) is 11.6. The zero-order chi connectivity index (χ0) is 30.8. The Bertz CT molecular complexity index is 1440. The van der Waals surface area contributed by atoms with E-state index in [0.717, 1.165) is 42.0 Å². The highest BCUT2D eigenvalue weighted by Crippen LogP contribution is 2.35. The molecule has 0 spiro atoms. The Morgan fingerprint density at radius 2 is 1.81 bits per heavy atom. The van der Waals surface area contributed by atoms with Crippen molar-refractivity contribution in [3.63, 3.8) is 0 Å². The van der Waals surface area contributed by atoms with Crippen molar-refractivity contribution in [1.29, 1.82) is 0 Å². The number of halogens is 1. The maximum atomic E-state index is 13.5. The lowest BCUT2D eigenvalue weighted by Gasteiger charge is -2.14. The molecule has 0 aliphatic heterocycles. The van der Waals surface area contributed by atoms with Crippen LogP contribution in [0.15, 0.2) is 29.4 Å².